The molecular weight excluding hydrogens is 536 g/mol. The number of hydrogen-bond acceptors (Lipinski definition) is 11. The summed E-state index contributed by atoms with van der Waals surface area (Å²) in [5.41, 5.74) is 0. The van der Waals surface area contributed by atoms with Crippen molar-refractivity contribution >= 4 is 0 Å². The fourth-order valence-corrected chi connectivity index (χ4v) is 3.21. The van der Waals surface area contributed by atoms with E-state index in [1.807, 2.05) is 0 Å². The van der Waals surface area contributed by atoms with E-state index in [1.165, 1.54) is 25.7 Å². The standard InChI is InChI=1S/C30H62O11/c1-3-5-7-9-31-11-13-33-15-17-35-19-21-37-23-25-39-27-29-41-30-28-40-26-24-38-22-20-36-18-16-34-14-12-32-10-8-6-4-2/h3-30H2,1-2H3. The van der Waals surface area contributed by atoms with Gasteiger partial charge < -0.3 is 52.1 Å². The van der Waals surface area contributed by atoms with Gasteiger partial charge in [-0.25, -0.2) is 0 Å². The molecule has 0 spiro atoms. The van der Waals surface area contributed by atoms with Gasteiger partial charge in [0.15, 0.2) is 0 Å². The first-order valence-electron chi connectivity index (χ1n) is 15.8. The van der Waals surface area contributed by atoms with E-state index < -0.39 is 0 Å². The predicted octanol–water partition coefficient (Wildman–Crippen LogP) is 3.55. The summed E-state index contributed by atoms with van der Waals surface area (Å²) in [6.45, 7) is 17.2. The molecule has 248 valence electrons. The second-order valence-corrected chi connectivity index (χ2v) is 9.15. The maximum absolute atomic E-state index is 5.48. The average molecular weight is 599 g/mol. The molecule has 0 saturated heterocycles. The van der Waals surface area contributed by atoms with E-state index in [-0.39, 0.29) is 0 Å². The lowest BCUT2D eigenvalue weighted by molar-refractivity contribution is -0.0275. The van der Waals surface area contributed by atoms with Crippen molar-refractivity contribution < 1.29 is 52.1 Å². The van der Waals surface area contributed by atoms with E-state index in [0.29, 0.717) is 132 Å². The van der Waals surface area contributed by atoms with Crippen LogP contribution in [-0.4, -0.2) is 145 Å². The third-order valence-electron chi connectivity index (χ3n) is 5.50. The van der Waals surface area contributed by atoms with E-state index in [0.717, 1.165) is 26.1 Å². The van der Waals surface area contributed by atoms with E-state index in [4.69, 9.17) is 52.1 Å². The van der Waals surface area contributed by atoms with Gasteiger partial charge in [-0.05, 0) is 12.8 Å². The van der Waals surface area contributed by atoms with Gasteiger partial charge in [0.05, 0.1) is 132 Å². The molecule has 0 fully saturated rings. The van der Waals surface area contributed by atoms with Crippen LogP contribution in [0.4, 0.5) is 0 Å². The van der Waals surface area contributed by atoms with Crippen LogP contribution in [0.3, 0.4) is 0 Å². The van der Waals surface area contributed by atoms with Gasteiger partial charge in [-0.15, -0.1) is 0 Å². The quantitative estimate of drug-likeness (QED) is 0.0976. The molecule has 0 aromatic rings. The zero-order valence-electron chi connectivity index (χ0n) is 26.3. The van der Waals surface area contributed by atoms with Crippen LogP contribution in [-0.2, 0) is 52.1 Å². The van der Waals surface area contributed by atoms with Crippen molar-refractivity contribution in [2.24, 2.45) is 0 Å². The molecule has 11 nitrogen and oxygen atoms in total. The van der Waals surface area contributed by atoms with Gasteiger partial charge in [0.2, 0.25) is 0 Å². The molecule has 0 aliphatic rings. The molecule has 0 unspecified atom stereocenters. The van der Waals surface area contributed by atoms with Gasteiger partial charge in [-0.1, -0.05) is 39.5 Å². The summed E-state index contributed by atoms with van der Waals surface area (Å²) in [5, 5.41) is 0. The Balaban J connectivity index is 3.02. The SMILES string of the molecule is CCCCCOCCOCCOCCOCCOCCOCCOCCOCCOCCOCCOCCCCC. The van der Waals surface area contributed by atoms with Gasteiger partial charge in [0.1, 0.15) is 0 Å². The molecule has 0 radical (unpaired) electrons. The van der Waals surface area contributed by atoms with E-state index in [9.17, 15) is 0 Å². The molecule has 0 aromatic carbocycles. The predicted molar refractivity (Wildman–Crippen MR) is 158 cm³/mol. The summed E-state index contributed by atoms with van der Waals surface area (Å²) in [6.07, 6.45) is 7.11. The highest BCUT2D eigenvalue weighted by Crippen LogP contribution is 1.95. The first-order chi connectivity index (χ1) is 20.4. The average Bonchev–Trinajstić information content (AvgIpc) is 2.98. The van der Waals surface area contributed by atoms with Crippen molar-refractivity contribution in [2.75, 3.05) is 145 Å². The van der Waals surface area contributed by atoms with Crippen LogP contribution in [0.25, 0.3) is 0 Å². The maximum atomic E-state index is 5.48. The smallest absolute Gasteiger partial charge is 0.0701 e. The molecule has 0 aliphatic heterocycles. The van der Waals surface area contributed by atoms with Crippen molar-refractivity contribution in [3.63, 3.8) is 0 Å². The van der Waals surface area contributed by atoms with Gasteiger partial charge in [-0.3, -0.25) is 0 Å². The Hall–Kier alpha value is -0.440. The zero-order chi connectivity index (χ0) is 29.6. The summed E-state index contributed by atoms with van der Waals surface area (Å²) >= 11 is 0. The first kappa shape index (κ1) is 40.6. The molecule has 0 amide bonds. The molecular formula is C30H62O11. The van der Waals surface area contributed by atoms with Crippen LogP contribution in [0.5, 0.6) is 0 Å². The lowest BCUT2D eigenvalue weighted by Crippen LogP contribution is -2.15. The minimum absolute atomic E-state index is 0.528. The normalized spacial score (nSPS) is 11.6. The van der Waals surface area contributed by atoms with E-state index >= 15 is 0 Å². The molecule has 0 N–H and O–H groups in total. The first-order valence-corrected chi connectivity index (χ1v) is 15.8. The Morgan fingerprint density at radius 1 is 0.195 bits per heavy atom. The van der Waals surface area contributed by atoms with Crippen molar-refractivity contribution in [2.45, 2.75) is 52.4 Å². The maximum Gasteiger partial charge on any atom is 0.0701 e. The topological polar surface area (TPSA) is 102 Å². The molecule has 0 rings (SSSR count). The molecule has 41 heavy (non-hydrogen) atoms. The van der Waals surface area contributed by atoms with E-state index in [2.05, 4.69) is 13.8 Å². The Bertz CT molecular complexity index is 409. The number of unbranched alkanes of at least 4 members (excludes halogenated alkanes) is 4. The zero-order valence-corrected chi connectivity index (χ0v) is 26.3. The van der Waals surface area contributed by atoms with E-state index in [1.54, 1.807) is 0 Å². The summed E-state index contributed by atoms with van der Waals surface area (Å²) < 4.78 is 60.2. The molecule has 0 aliphatic carbocycles. The van der Waals surface area contributed by atoms with Crippen LogP contribution in [0, 0.1) is 0 Å². The number of hydrogen-bond donors (Lipinski definition) is 0. The van der Waals surface area contributed by atoms with Crippen molar-refractivity contribution in [3.8, 4) is 0 Å². The van der Waals surface area contributed by atoms with Crippen LogP contribution >= 0.6 is 0 Å². The van der Waals surface area contributed by atoms with Gasteiger partial charge in [0.25, 0.3) is 0 Å². The van der Waals surface area contributed by atoms with Crippen LogP contribution in [0.2, 0.25) is 0 Å². The molecule has 11 heteroatoms. The molecule has 0 atom stereocenters. The van der Waals surface area contributed by atoms with Gasteiger partial charge in [-0.2, -0.15) is 0 Å². The van der Waals surface area contributed by atoms with Crippen LogP contribution in [0.15, 0.2) is 0 Å². The molecule has 0 bridgehead atoms. The lowest BCUT2D eigenvalue weighted by Gasteiger charge is -2.09. The second-order valence-electron chi connectivity index (χ2n) is 9.15. The third-order valence-corrected chi connectivity index (χ3v) is 5.50. The number of rotatable bonds is 38. The van der Waals surface area contributed by atoms with Crippen LogP contribution < -0.4 is 0 Å². The Morgan fingerprint density at radius 3 is 0.488 bits per heavy atom. The monoisotopic (exact) mass is 598 g/mol. The molecule has 0 heterocycles. The highest BCUT2D eigenvalue weighted by molar-refractivity contribution is 4.40. The van der Waals surface area contributed by atoms with Gasteiger partial charge >= 0.3 is 0 Å². The summed E-state index contributed by atoms with van der Waals surface area (Å²) in [4.78, 5) is 0. The lowest BCUT2D eigenvalue weighted by atomic mass is 10.3. The summed E-state index contributed by atoms with van der Waals surface area (Å²) in [7, 11) is 0. The fraction of sp³-hybridized carbons (Fsp3) is 1.00. The second kappa shape index (κ2) is 39.6. The van der Waals surface area contributed by atoms with Crippen molar-refractivity contribution in [3.05, 3.63) is 0 Å². The Morgan fingerprint density at radius 2 is 0.341 bits per heavy atom. The largest absolute Gasteiger partial charge is 0.379 e. The third kappa shape index (κ3) is 39.6. The highest BCUT2D eigenvalue weighted by atomic mass is 16.6. The van der Waals surface area contributed by atoms with Crippen molar-refractivity contribution in [1.82, 2.24) is 0 Å². The van der Waals surface area contributed by atoms with Crippen LogP contribution in [0.1, 0.15) is 52.4 Å². The minimum atomic E-state index is 0.528. The fourth-order valence-electron chi connectivity index (χ4n) is 3.21. The van der Waals surface area contributed by atoms with Crippen molar-refractivity contribution in [1.29, 1.82) is 0 Å². The summed E-state index contributed by atoms with van der Waals surface area (Å²) in [6, 6.07) is 0. The Kier molecular flexibility index (Phi) is 39.1. The molecule has 0 aromatic heterocycles. The van der Waals surface area contributed by atoms with Gasteiger partial charge in [0, 0.05) is 13.2 Å². The minimum Gasteiger partial charge on any atom is -0.379 e. The summed E-state index contributed by atoms with van der Waals surface area (Å²) in [5.74, 6) is 0. The molecule has 0 saturated carbocycles. The highest BCUT2D eigenvalue weighted by Gasteiger charge is 1.96. The Labute approximate surface area is 250 Å². The number of ether oxygens (including phenoxy) is 11.